The summed E-state index contributed by atoms with van der Waals surface area (Å²) in [5, 5.41) is 4.30. The van der Waals surface area contributed by atoms with E-state index in [-0.39, 0.29) is 12.0 Å². The third-order valence-corrected chi connectivity index (χ3v) is 6.88. The lowest BCUT2D eigenvalue weighted by Crippen LogP contribution is -2.31. The van der Waals surface area contributed by atoms with Crippen LogP contribution < -0.4 is 5.32 Å². The van der Waals surface area contributed by atoms with E-state index >= 15 is 0 Å². The molecule has 0 radical (unpaired) electrons. The average molecular weight is 521 g/mol. The SMILES string of the molecule is COC(CN(C)C)Cn1cc(C2=C(c3c[nH]c4ccccc34)C(=O)NC2=O)c2c(Br)cccc21. The minimum absolute atomic E-state index is 0.0430. The molecule has 8 heteroatoms. The van der Waals surface area contributed by atoms with Crippen molar-refractivity contribution in [1.82, 2.24) is 19.8 Å². The van der Waals surface area contributed by atoms with Gasteiger partial charge in [-0.1, -0.05) is 40.2 Å². The second-order valence-corrected chi connectivity index (χ2v) is 9.58. The van der Waals surface area contributed by atoms with Crippen molar-refractivity contribution in [2.45, 2.75) is 12.6 Å². The van der Waals surface area contributed by atoms with Crippen LogP contribution in [-0.4, -0.2) is 60.1 Å². The first kappa shape index (κ1) is 22.6. The third kappa shape index (κ3) is 3.77. The van der Waals surface area contributed by atoms with Gasteiger partial charge >= 0.3 is 0 Å². The molecule has 3 heterocycles. The Morgan fingerprint density at radius 1 is 1.03 bits per heavy atom. The van der Waals surface area contributed by atoms with Crippen molar-refractivity contribution in [2.24, 2.45) is 0 Å². The number of nitrogens with one attached hydrogen (secondary N) is 2. The van der Waals surface area contributed by atoms with Gasteiger partial charge in [0.25, 0.3) is 11.8 Å². The molecule has 34 heavy (non-hydrogen) atoms. The Kier molecular flexibility index (Phi) is 5.89. The first-order valence-electron chi connectivity index (χ1n) is 11.0. The maximum atomic E-state index is 13.2. The molecule has 1 aliphatic rings. The quantitative estimate of drug-likeness (QED) is 0.360. The fourth-order valence-corrected chi connectivity index (χ4v) is 5.30. The van der Waals surface area contributed by atoms with Gasteiger partial charge in [-0.2, -0.15) is 0 Å². The highest BCUT2D eigenvalue weighted by molar-refractivity contribution is 9.10. The Bertz CT molecular complexity index is 1460. The summed E-state index contributed by atoms with van der Waals surface area (Å²) in [6, 6.07) is 13.7. The van der Waals surface area contributed by atoms with Crippen LogP contribution in [0.15, 0.2) is 59.3 Å². The zero-order valence-corrected chi connectivity index (χ0v) is 20.8. The number of halogens is 1. The Balaban J connectivity index is 1.74. The van der Waals surface area contributed by atoms with E-state index in [9.17, 15) is 9.59 Å². The molecule has 4 aromatic rings. The molecule has 7 nitrogen and oxygen atoms in total. The summed E-state index contributed by atoms with van der Waals surface area (Å²) in [5.41, 5.74) is 4.06. The summed E-state index contributed by atoms with van der Waals surface area (Å²) in [6.07, 6.45) is 3.71. The molecule has 2 aromatic carbocycles. The molecule has 5 rings (SSSR count). The van der Waals surface area contributed by atoms with Gasteiger partial charge in [-0.3, -0.25) is 14.9 Å². The van der Waals surface area contributed by atoms with Gasteiger partial charge in [0, 0.05) is 63.5 Å². The number of rotatable bonds is 7. The number of amides is 2. The molecular formula is C26H25BrN4O3. The summed E-state index contributed by atoms with van der Waals surface area (Å²) >= 11 is 3.68. The number of hydrogen-bond acceptors (Lipinski definition) is 4. The third-order valence-electron chi connectivity index (χ3n) is 6.22. The molecule has 1 unspecified atom stereocenters. The second kappa shape index (κ2) is 8.87. The number of imide groups is 1. The lowest BCUT2D eigenvalue weighted by atomic mass is 9.95. The topological polar surface area (TPSA) is 79.4 Å². The van der Waals surface area contributed by atoms with Crippen molar-refractivity contribution in [3.8, 4) is 0 Å². The molecule has 174 valence electrons. The smallest absolute Gasteiger partial charge is 0.259 e. The molecule has 0 spiro atoms. The number of H-pyrrole nitrogens is 1. The van der Waals surface area contributed by atoms with Crippen LogP contribution in [0.25, 0.3) is 33.0 Å². The van der Waals surface area contributed by atoms with Gasteiger partial charge in [-0.15, -0.1) is 0 Å². The molecular weight excluding hydrogens is 496 g/mol. The number of carbonyl (C=O) groups is 2. The van der Waals surface area contributed by atoms with Gasteiger partial charge in [-0.25, -0.2) is 0 Å². The van der Waals surface area contributed by atoms with Gasteiger partial charge in [0.15, 0.2) is 0 Å². The average Bonchev–Trinajstić information content (AvgIpc) is 3.46. The fraction of sp³-hybridized carbons (Fsp3) is 0.231. The van der Waals surface area contributed by atoms with Gasteiger partial charge in [0.05, 0.1) is 23.8 Å². The number of nitrogens with zero attached hydrogens (tertiary/aromatic N) is 2. The van der Waals surface area contributed by atoms with Crippen molar-refractivity contribution in [1.29, 1.82) is 0 Å². The van der Waals surface area contributed by atoms with E-state index in [1.807, 2.05) is 62.8 Å². The number of hydrogen-bond donors (Lipinski definition) is 2. The van der Waals surface area contributed by atoms with E-state index in [0.29, 0.717) is 28.8 Å². The highest BCUT2D eigenvalue weighted by Gasteiger charge is 2.35. The maximum absolute atomic E-state index is 13.2. The van der Waals surface area contributed by atoms with Crippen LogP contribution in [0.1, 0.15) is 11.1 Å². The van der Waals surface area contributed by atoms with Crippen LogP contribution in [0, 0.1) is 0 Å². The number of methoxy groups -OCH3 is 1. The minimum Gasteiger partial charge on any atom is -0.378 e. The standard InChI is InChI=1S/C26H25BrN4O3/c1-30(2)12-15(34-3)13-31-14-18(22-19(27)8-6-10-21(22)31)24-23(25(32)29-26(24)33)17-11-28-20-9-5-4-7-16(17)20/h4-11,14-15,28H,12-13H2,1-3H3,(H,29,32,33). The molecule has 0 fully saturated rings. The number of benzene rings is 2. The van der Waals surface area contributed by atoms with Gasteiger partial charge in [-0.05, 0) is 32.3 Å². The molecule has 0 saturated carbocycles. The molecule has 1 atom stereocenters. The van der Waals surface area contributed by atoms with Crippen LogP contribution in [0.5, 0.6) is 0 Å². The number of aromatic nitrogens is 2. The number of para-hydroxylation sites is 1. The lowest BCUT2D eigenvalue weighted by molar-refractivity contribution is -0.122. The second-order valence-electron chi connectivity index (χ2n) is 8.73. The predicted molar refractivity (Wildman–Crippen MR) is 137 cm³/mol. The lowest BCUT2D eigenvalue weighted by Gasteiger charge is -2.20. The maximum Gasteiger partial charge on any atom is 0.259 e. The van der Waals surface area contributed by atoms with E-state index in [4.69, 9.17) is 4.74 Å². The molecule has 0 saturated heterocycles. The number of fused-ring (bicyclic) bond motifs is 2. The fourth-order valence-electron chi connectivity index (χ4n) is 4.73. The summed E-state index contributed by atoms with van der Waals surface area (Å²) < 4.78 is 8.68. The van der Waals surface area contributed by atoms with Gasteiger partial charge in [0.1, 0.15) is 0 Å². The highest BCUT2D eigenvalue weighted by atomic mass is 79.9. The molecule has 2 N–H and O–H groups in total. The normalized spacial score (nSPS) is 15.2. The summed E-state index contributed by atoms with van der Waals surface area (Å²) in [7, 11) is 5.72. The van der Waals surface area contributed by atoms with Crippen molar-refractivity contribution in [3.05, 3.63) is 70.5 Å². The van der Waals surface area contributed by atoms with Crippen molar-refractivity contribution in [2.75, 3.05) is 27.7 Å². The number of ether oxygens (including phenoxy) is 1. The van der Waals surface area contributed by atoms with Crippen LogP contribution in [0.2, 0.25) is 0 Å². The summed E-state index contributed by atoms with van der Waals surface area (Å²) in [5.74, 6) is -0.781. The monoisotopic (exact) mass is 520 g/mol. The zero-order chi connectivity index (χ0) is 24.0. The van der Waals surface area contributed by atoms with Crippen LogP contribution in [0.4, 0.5) is 0 Å². The number of carbonyl (C=O) groups excluding carboxylic acids is 2. The molecule has 0 aliphatic carbocycles. The predicted octanol–water partition coefficient (Wildman–Crippen LogP) is 4.03. The molecule has 2 amide bonds. The van der Waals surface area contributed by atoms with Crippen molar-refractivity contribution >= 4 is 60.7 Å². The van der Waals surface area contributed by atoms with Gasteiger partial charge in [0.2, 0.25) is 0 Å². The number of aromatic amines is 1. The van der Waals surface area contributed by atoms with Crippen molar-refractivity contribution in [3.63, 3.8) is 0 Å². The molecule has 1 aliphatic heterocycles. The molecule has 0 bridgehead atoms. The zero-order valence-electron chi connectivity index (χ0n) is 19.2. The Hall–Kier alpha value is -3.20. The van der Waals surface area contributed by atoms with E-state index < -0.39 is 5.91 Å². The highest BCUT2D eigenvalue weighted by Crippen LogP contribution is 2.40. The minimum atomic E-state index is -0.392. The van der Waals surface area contributed by atoms with Crippen LogP contribution in [0.3, 0.4) is 0 Å². The summed E-state index contributed by atoms with van der Waals surface area (Å²) in [6.45, 7) is 1.36. The number of likely N-dealkylation sites (N-methyl/N-ethyl adjacent to an activating group) is 1. The van der Waals surface area contributed by atoms with Crippen LogP contribution in [-0.2, 0) is 20.9 Å². The van der Waals surface area contributed by atoms with E-state index in [2.05, 4.69) is 35.7 Å². The Morgan fingerprint density at radius 3 is 2.50 bits per heavy atom. The van der Waals surface area contributed by atoms with Crippen LogP contribution >= 0.6 is 15.9 Å². The van der Waals surface area contributed by atoms with Gasteiger partial charge < -0.3 is 19.2 Å². The largest absolute Gasteiger partial charge is 0.378 e. The first-order chi connectivity index (χ1) is 16.4. The van der Waals surface area contributed by atoms with E-state index in [1.54, 1.807) is 13.3 Å². The van der Waals surface area contributed by atoms with Crippen molar-refractivity contribution < 1.29 is 14.3 Å². The first-order valence-corrected chi connectivity index (χ1v) is 11.8. The Labute approximate surface area is 205 Å². The summed E-state index contributed by atoms with van der Waals surface area (Å²) in [4.78, 5) is 31.5. The van der Waals surface area contributed by atoms with E-state index in [0.717, 1.165) is 32.8 Å². The Morgan fingerprint density at radius 2 is 1.76 bits per heavy atom. The van der Waals surface area contributed by atoms with E-state index in [1.165, 1.54) is 0 Å². The molecule has 2 aromatic heterocycles.